The summed E-state index contributed by atoms with van der Waals surface area (Å²) in [6.45, 7) is 6.37. The molecule has 1 saturated heterocycles. The van der Waals surface area contributed by atoms with Gasteiger partial charge in [-0.2, -0.15) is 13.2 Å². The van der Waals surface area contributed by atoms with Crippen molar-refractivity contribution in [2.24, 2.45) is 0 Å². The van der Waals surface area contributed by atoms with Crippen LogP contribution in [0.15, 0.2) is 18.2 Å². The average molecular weight is 387 g/mol. The summed E-state index contributed by atoms with van der Waals surface area (Å²) in [5, 5.41) is 5.35. The van der Waals surface area contributed by atoms with E-state index >= 15 is 0 Å². The number of rotatable bonds is 5. The molecule has 9 heteroatoms. The second kappa shape index (κ2) is 7.55. The fourth-order valence-electron chi connectivity index (χ4n) is 3.25. The SMILES string of the molecule is CCO[C@@]1(C)C[C@H]1NC(=O)Nc1cc(C(F)(F)F)ccc1N1CCOCC1. The third kappa shape index (κ3) is 4.65. The molecule has 6 nitrogen and oxygen atoms in total. The van der Waals surface area contributed by atoms with E-state index in [0.29, 0.717) is 45.0 Å². The van der Waals surface area contributed by atoms with Crippen LogP contribution in [0.4, 0.5) is 29.3 Å². The zero-order valence-corrected chi connectivity index (χ0v) is 15.4. The molecule has 1 aliphatic carbocycles. The minimum atomic E-state index is -4.49. The van der Waals surface area contributed by atoms with Gasteiger partial charge in [-0.15, -0.1) is 0 Å². The highest BCUT2D eigenvalue weighted by atomic mass is 19.4. The van der Waals surface area contributed by atoms with E-state index in [1.807, 2.05) is 18.7 Å². The highest BCUT2D eigenvalue weighted by Crippen LogP contribution is 2.40. The summed E-state index contributed by atoms with van der Waals surface area (Å²) in [4.78, 5) is 14.3. The third-order valence-corrected chi connectivity index (χ3v) is 4.89. The largest absolute Gasteiger partial charge is 0.416 e. The molecule has 0 spiro atoms. The van der Waals surface area contributed by atoms with Gasteiger partial charge in [0.15, 0.2) is 0 Å². The number of benzene rings is 1. The Morgan fingerprint density at radius 1 is 1.37 bits per heavy atom. The molecule has 2 amide bonds. The summed E-state index contributed by atoms with van der Waals surface area (Å²) in [7, 11) is 0. The number of nitrogens with one attached hydrogen (secondary N) is 2. The summed E-state index contributed by atoms with van der Waals surface area (Å²) in [5.74, 6) is 0. The lowest BCUT2D eigenvalue weighted by Gasteiger charge is -2.31. The Hall–Kier alpha value is -2.00. The number of morpholine rings is 1. The van der Waals surface area contributed by atoms with Crippen LogP contribution in [-0.2, 0) is 15.7 Å². The maximum atomic E-state index is 13.1. The molecule has 1 saturated carbocycles. The molecule has 27 heavy (non-hydrogen) atoms. The molecule has 2 fully saturated rings. The quantitative estimate of drug-likeness (QED) is 0.814. The normalized spacial score (nSPS) is 25.2. The number of amides is 2. The van der Waals surface area contributed by atoms with Crippen LogP contribution in [0.2, 0.25) is 0 Å². The maximum Gasteiger partial charge on any atom is 0.416 e. The number of alkyl halides is 3. The smallest absolute Gasteiger partial charge is 0.378 e. The van der Waals surface area contributed by atoms with Gasteiger partial charge in [0.1, 0.15) is 0 Å². The van der Waals surface area contributed by atoms with E-state index in [4.69, 9.17) is 9.47 Å². The molecular weight excluding hydrogens is 363 g/mol. The van der Waals surface area contributed by atoms with Crippen molar-refractivity contribution in [1.82, 2.24) is 5.32 Å². The summed E-state index contributed by atoms with van der Waals surface area (Å²) < 4.78 is 50.2. The number of urea groups is 1. The van der Waals surface area contributed by atoms with E-state index < -0.39 is 23.4 Å². The van der Waals surface area contributed by atoms with Crippen LogP contribution >= 0.6 is 0 Å². The third-order valence-electron chi connectivity index (χ3n) is 4.89. The van der Waals surface area contributed by atoms with E-state index in [1.54, 1.807) is 0 Å². The van der Waals surface area contributed by atoms with Crippen LogP contribution < -0.4 is 15.5 Å². The highest BCUT2D eigenvalue weighted by molar-refractivity contribution is 5.94. The molecule has 1 aromatic rings. The molecule has 2 aliphatic rings. The molecule has 0 bridgehead atoms. The monoisotopic (exact) mass is 387 g/mol. The molecule has 0 radical (unpaired) electrons. The molecule has 0 unspecified atom stereocenters. The summed E-state index contributed by atoms with van der Waals surface area (Å²) in [5.41, 5.74) is -0.541. The Labute approximate surface area is 156 Å². The van der Waals surface area contributed by atoms with Gasteiger partial charge in [0.05, 0.1) is 41.8 Å². The first-order chi connectivity index (χ1) is 12.7. The van der Waals surface area contributed by atoms with Crippen molar-refractivity contribution in [3.8, 4) is 0 Å². The Morgan fingerprint density at radius 3 is 2.70 bits per heavy atom. The molecule has 3 rings (SSSR count). The average Bonchev–Trinajstić information content (AvgIpc) is 3.23. The summed E-state index contributed by atoms with van der Waals surface area (Å²) in [6.07, 6.45) is -3.81. The molecule has 1 aromatic carbocycles. The van der Waals surface area contributed by atoms with Gasteiger partial charge in [-0.1, -0.05) is 0 Å². The Morgan fingerprint density at radius 2 is 2.07 bits per heavy atom. The first-order valence-corrected chi connectivity index (χ1v) is 8.98. The van der Waals surface area contributed by atoms with Gasteiger partial charge in [-0.25, -0.2) is 4.79 Å². The number of halogens is 3. The van der Waals surface area contributed by atoms with Crippen LogP contribution in [0, 0.1) is 0 Å². The summed E-state index contributed by atoms with van der Waals surface area (Å²) >= 11 is 0. The molecule has 150 valence electrons. The van der Waals surface area contributed by atoms with Gasteiger partial charge in [0, 0.05) is 26.1 Å². The van der Waals surface area contributed by atoms with Crippen LogP contribution in [-0.4, -0.2) is 50.6 Å². The van der Waals surface area contributed by atoms with Crippen LogP contribution in [0.1, 0.15) is 25.8 Å². The van der Waals surface area contributed by atoms with Gasteiger partial charge < -0.3 is 25.0 Å². The second-order valence-electron chi connectivity index (χ2n) is 6.93. The van der Waals surface area contributed by atoms with Crippen LogP contribution in [0.5, 0.6) is 0 Å². The minimum absolute atomic E-state index is 0.128. The fraction of sp³-hybridized carbons (Fsp3) is 0.611. The van der Waals surface area contributed by atoms with Crippen molar-refractivity contribution < 1.29 is 27.4 Å². The Balaban J connectivity index is 1.76. The van der Waals surface area contributed by atoms with Gasteiger partial charge in [0.2, 0.25) is 0 Å². The number of nitrogens with zero attached hydrogens (tertiary/aromatic N) is 1. The van der Waals surface area contributed by atoms with Crippen molar-refractivity contribution in [1.29, 1.82) is 0 Å². The highest BCUT2D eigenvalue weighted by Gasteiger charge is 2.52. The molecule has 2 atom stereocenters. The Kier molecular flexibility index (Phi) is 5.53. The number of carbonyl (C=O) groups is 1. The number of hydrogen-bond donors (Lipinski definition) is 2. The topological polar surface area (TPSA) is 62.8 Å². The van der Waals surface area contributed by atoms with E-state index in [0.717, 1.165) is 12.1 Å². The van der Waals surface area contributed by atoms with Gasteiger partial charge >= 0.3 is 12.2 Å². The predicted molar refractivity (Wildman–Crippen MR) is 95.1 cm³/mol. The maximum absolute atomic E-state index is 13.1. The van der Waals surface area contributed by atoms with Crippen molar-refractivity contribution >= 4 is 17.4 Å². The predicted octanol–water partition coefficient (Wildman–Crippen LogP) is 3.23. The lowest BCUT2D eigenvalue weighted by molar-refractivity contribution is -0.137. The van der Waals surface area contributed by atoms with Crippen LogP contribution in [0.25, 0.3) is 0 Å². The second-order valence-corrected chi connectivity index (χ2v) is 6.93. The van der Waals surface area contributed by atoms with E-state index in [9.17, 15) is 18.0 Å². The van der Waals surface area contributed by atoms with Gasteiger partial charge in [-0.3, -0.25) is 0 Å². The molecule has 0 aromatic heterocycles. The Bertz CT molecular complexity index is 692. The first-order valence-electron chi connectivity index (χ1n) is 8.98. The zero-order chi connectivity index (χ0) is 19.7. The zero-order valence-electron chi connectivity index (χ0n) is 15.4. The van der Waals surface area contributed by atoms with E-state index in [-0.39, 0.29) is 11.7 Å². The van der Waals surface area contributed by atoms with E-state index in [1.165, 1.54) is 6.07 Å². The fourth-order valence-corrected chi connectivity index (χ4v) is 3.25. The number of ether oxygens (including phenoxy) is 2. The molecule has 2 N–H and O–H groups in total. The number of hydrogen-bond acceptors (Lipinski definition) is 4. The van der Waals surface area contributed by atoms with Crippen LogP contribution in [0.3, 0.4) is 0 Å². The summed E-state index contributed by atoms with van der Waals surface area (Å²) in [6, 6.07) is 2.69. The molecular formula is C18H24F3N3O3. The number of anilines is 2. The van der Waals surface area contributed by atoms with E-state index in [2.05, 4.69) is 10.6 Å². The molecule has 1 aliphatic heterocycles. The number of carbonyl (C=O) groups excluding carboxylic acids is 1. The lowest BCUT2D eigenvalue weighted by atomic mass is 10.1. The van der Waals surface area contributed by atoms with Gasteiger partial charge in [-0.05, 0) is 32.0 Å². The van der Waals surface area contributed by atoms with Crippen molar-refractivity contribution in [3.05, 3.63) is 23.8 Å². The lowest BCUT2D eigenvalue weighted by Crippen LogP contribution is -2.38. The molecule has 1 heterocycles. The minimum Gasteiger partial charge on any atom is -0.378 e. The van der Waals surface area contributed by atoms with Crippen molar-refractivity contribution in [3.63, 3.8) is 0 Å². The van der Waals surface area contributed by atoms with Crippen molar-refractivity contribution in [2.45, 2.75) is 38.1 Å². The standard InChI is InChI=1S/C18H24F3N3O3/c1-3-27-17(2)11-15(17)23-16(25)22-13-10-12(18(19,20)21)4-5-14(13)24-6-8-26-9-7-24/h4-5,10,15H,3,6-9,11H2,1-2H3,(H2,22,23,25)/t15-,17+/m1/s1. The first kappa shape index (κ1) is 19.8. The van der Waals surface area contributed by atoms with Gasteiger partial charge in [0.25, 0.3) is 0 Å². The van der Waals surface area contributed by atoms with Crippen molar-refractivity contribution in [2.75, 3.05) is 43.1 Å².